The largest absolute Gasteiger partial charge is 0.508 e. The number of nitro benzene ring substituents is 1. The highest BCUT2D eigenvalue weighted by molar-refractivity contribution is 9.10. The summed E-state index contributed by atoms with van der Waals surface area (Å²) in [7, 11) is 0. The minimum Gasteiger partial charge on any atom is -0.508 e. The standard InChI is InChI=1S/C14H13BrN2O3/c1-9(11-4-2-3-5-14(11)18)16-10-6-7-12(15)13(8-10)17(19)20/h2-9,16,18H,1H3. The molecule has 0 aromatic heterocycles. The van der Waals surface area contributed by atoms with E-state index in [1.165, 1.54) is 6.07 Å². The molecule has 0 aliphatic carbocycles. The molecule has 2 aromatic carbocycles. The van der Waals surface area contributed by atoms with Gasteiger partial charge in [-0.05, 0) is 41.1 Å². The number of benzene rings is 2. The minimum atomic E-state index is -0.445. The number of hydrogen-bond donors (Lipinski definition) is 2. The predicted molar refractivity (Wildman–Crippen MR) is 80.9 cm³/mol. The molecule has 0 radical (unpaired) electrons. The van der Waals surface area contributed by atoms with Gasteiger partial charge in [0.1, 0.15) is 5.75 Å². The van der Waals surface area contributed by atoms with E-state index < -0.39 is 4.92 Å². The molecule has 0 fully saturated rings. The van der Waals surface area contributed by atoms with Gasteiger partial charge in [0.25, 0.3) is 5.69 Å². The lowest BCUT2D eigenvalue weighted by molar-refractivity contribution is -0.385. The molecule has 2 rings (SSSR count). The van der Waals surface area contributed by atoms with Crippen molar-refractivity contribution in [3.05, 3.63) is 62.6 Å². The van der Waals surface area contributed by atoms with Crippen molar-refractivity contribution in [3.63, 3.8) is 0 Å². The van der Waals surface area contributed by atoms with Crippen LogP contribution >= 0.6 is 15.9 Å². The zero-order chi connectivity index (χ0) is 14.7. The second kappa shape index (κ2) is 5.92. The van der Waals surface area contributed by atoms with Gasteiger partial charge < -0.3 is 10.4 Å². The molecular formula is C14H13BrN2O3. The lowest BCUT2D eigenvalue weighted by atomic mass is 10.1. The Morgan fingerprint density at radius 3 is 2.65 bits per heavy atom. The van der Waals surface area contributed by atoms with E-state index in [0.717, 1.165) is 5.56 Å². The molecule has 0 aliphatic rings. The second-order valence-electron chi connectivity index (χ2n) is 4.35. The number of anilines is 1. The molecule has 0 bridgehead atoms. The van der Waals surface area contributed by atoms with Crippen molar-refractivity contribution in [3.8, 4) is 5.75 Å². The summed E-state index contributed by atoms with van der Waals surface area (Å²) in [4.78, 5) is 10.4. The molecule has 20 heavy (non-hydrogen) atoms. The zero-order valence-corrected chi connectivity index (χ0v) is 12.3. The third kappa shape index (κ3) is 3.08. The van der Waals surface area contributed by atoms with Gasteiger partial charge in [-0.3, -0.25) is 10.1 Å². The van der Waals surface area contributed by atoms with Crippen LogP contribution in [0.2, 0.25) is 0 Å². The highest BCUT2D eigenvalue weighted by Gasteiger charge is 2.14. The van der Waals surface area contributed by atoms with E-state index in [9.17, 15) is 15.2 Å². The predicted octanol–water partition coefficient (Wildman–Crippen LogP) is 4.24. The minimum absolute atomic E-state index is 0.000478. The molecule has 2 N–H and O–H groups in total. The van der Waals surface area contributed by atoms with Gasteiger partial charge >= 0.3 is 0 Å². The lowest BCUT2D eigenvalue weighted by Crippen LogP contribution is -2.07. The number of nitrogens with zero attached hydrogens (tertiary/aromatic N) is 1. The van der Waals surface area contributed by atoms with Crippen LogP contribution in [0, 0.1) is 10.1 Å². The molecule has 5 nitrogen and oxygen atoms in total. The van der Waals surface area contributed by atoms with Crippen molar-refractivity contribution < 1.29 is 10.0 Å². The molecule has 0 heterocycles. The first-order valence-corrected chi connectivity index (χ1v) is 6.76. The summed E-state index contributed by atoms with van der Waals surface area (Å²) >= 11 is 3.14. The Bertz CT molecular complexity index is 646. The molecule has 0 spiro atoms. The molecule has 2 aromatic rings. The van der Waals surface area contributed by atoms with Crippen LogP contribution in [0.1, 0.15) is 18.5 Å². The van der Waals surface area contributed by atoms with Gasteiger partial charge in [0, 0.05) is 17.3 Å². The molecule has 0 aliphatic heterocycles. The molecule has 0 saturated heterocycles. The van der Waals surface area contributed by atoms with Gasteiger partial charge in [-0.2, -0.15) is 0 Å². The van der Waals surface area contributed by atoms with E-state index in [1.807, 2.05) is 13.0 Å². The Morgan fingerprint density at radius 2 is 2.00 bits per heavy atom. The molecule has 6 heteroatoms. The number of para-hydroxylation sites is 1. The normalized spacial score (nSPS) is 11.9. The van der Waals surface area contributed by atoms with E-state index in [4.69, 9.17) is 0 Å². The number of halogens is 1. The first-order valence-electron chi connectivity index (χ1n) is 5.97. The fraction of sp³-hybridized carbons (Fsp3) is 0.143. The fourth-order valence-corrected chi connectivity index (χ4v) is 2.32. The maximum absolute atomic E-state index is 10.9. The molecule has 0 saturated carbocycles. The number of phenols is 1. The quantitative estimate of drug-likeness (QED) is 0.646. The highest BCUT2D eigenvalue weighted by atomic mass is 79.9. The maximum Gasteiger partial charge on any atom is 0.285 e. The number of nitrogens with one attached hydrogen (secondary N) is 1. The van der Waals surface area contributed by atoms with Gasteiger partial charge in [-0.15, -0.1) is 0 Å². The van der Waals surface area contributed by atoms with Crippen LogP contribution < -0.4 is 5.32 Å². The average Bonchev–Trinajstić information content (AvgIpc) is 2.41. The first kappa shape index (κ1) is 14.3. The van der Waals surface area contributed by atoms with E-state index >= 15 is 0 Å². The highest BCUT2D eigenvalue weighted by Crippen LogP contribution is 2.31. The van der Waals surface area contributed by atoms with Crippen LogP contribution in [0.5, 0.6) is 5.75 Å². The van der Waals surface area contributed by atoms with Crippen molar-refractivity contribution in [2.45, 2.75) is 13.0 Å². The second-order valence-corrected chi connectivity index (χ2v) is 5.20. The van der Waals surface area contributed by atoms with Gasteiger partial charge in [0.2, 0.25) is 0 Å². The van der Waals surface area contributed by atoms with Crippen molar-refractivity contribution >= 4 is 27.3 Å². The van der Waals surface area contributed by atoms with Crippen molar-refractivity contribution in [1.82, 2.24) is 0 Å². The van der Waals surface area contributed by atoms with Crippen molar-refractivity contribution in [2.24, 2.45) is 0 Å². The third-order valence-electron chi connectivity index (χ3n) is 2.93. The lowest BCUT2D eigenvalue weighted by Gasteiger charge is -2.16. The van der Waals surface area contributed by atoms with Crippen LogP contribution in [-0.2, 0) is 0 Å². The Balaban J connectivity index is 2.24. The Labute approximate surface area is 124 Å². The molecule has 0 amide bonds. The van der Waals surface area contributed by atoms with Gasteiger partial charge in [0.15, 0.2) is 0 Å². The Kier molecular flexibility index (Phi) is 4.24. The summed E-state index contributed by atoms with van der Waals surface area (Å²) in [5, 5.41) is 23.8. The number of hydrogen-bond acceptors (Lipinski definition) is 4. The summed E-state index contributed by atoms with van der Waals surface area (Å²) in [5.74, 6) is 0.194. The van der Waals surface area contributed by atoms with Crippen LogP contribution in [-0.4, -0.2) is 10.0 Å². The summed E-state index contributed by atoms with van der Waals surface area (Å²) in [6.45, 7) is 1.88. The van der Waals surface area contributed by atoms with E-state index in [1.54, 1.807) is 30.3 Å². The Morgan fingerprint density at radius 1 is 1.30 bits per heavy atom. The van der Waals surface area contributed by atoms with Crippen LogP contribution in [0.25, 0.3) is 0 Å². The van der Waals surface area contributed by atoms with Crippen LogP contribution in [0.3, 0.4) is 0 Å². The maximum atomic E-state index is 10.9. The topological polar surface area (TPSA) is 75.4 Å². The van der Waals surface area contributed by atoms with Crippen LogP contribution in [0.15, 0.2) is 46.9 Å². The van der Waals surface area contributed by atoms with E-state index in [-0.39, 0.29) is 17.5 Å². The molecule has 104 valence electrons. The van der Waals surface area contributed by atoms with Crippen molar-refractivity contribution in [1.29, 1.82) is 0 Å². The molecule has 1 atom stereocenters. The fourth-order valence-electron chi connectivity index (χ4n) is 1.92. The Hall–Kier alpha value is -2.08. The SMILES string of the molecule is CC(Nc1ccc(Br)c([N+](=O)[O-])c1)c1ccccc1O. The monoisotopic (exact) mass is 336 g/mol. The number of phenolic OH excluding ortho intramolecular Hbond substituents is 1. The summed E-state index contributed by atoms with van der Waals surface area (Å²) in [6.07, 6.45) is 0. The molecule has 1 unspecified atom stereocenters. The average molecular weight is 337 g/mol. The third-order valence-corrected chi connectivity index (χ3v) is 3.60. The number of nitro groups is 1. The number of rotatable bonds is 4. The summed E-state index contributed by atoms with van der Waals surface area (Å²) in [6, 6.07) is 11.6. The summed E-state index contributed by atoms with van der Waals surface area (Å²) in [5.41, 5.74) is 1.35. The van der Waals surface area contributed by atoms with Gasteiger partial charge in [0.05, 0.1) is 15.4 Å². The zero-order valence-electron chi connectivity index (χ0n) is 10.7. The number of aromatic hydroxyl groups is 1. The van der Waals surface area contributed by atoms with E-state index in [2.05, 4.69) is 21.2 Å². The summed E-state index contributed by atoms with van der Waals surface area (Å²) < 4.78 is 0.434. The van der Waals surface area contributed by atoms with Crippen molar-refractivity contribution in [2.75, 3.05) is 5.32 Å². The smallest absolute Gasteiger partial charge is 0.285 e. The van der Waals surface area contributed by atoms with Crippen LogP contribution in [0.4, 0.5) is 11.4 Å². The van der Waals surface area contributed by atoms with Gasteiger partial charge in [-0.1, -0.05) is 18.2 Å². The molecular weight excluding hydrogens is 324 g/mol. The first-order chi connectivity index (χ1) is 9.49. The van der Waals surface area contributed by atoms with Gasteiger partial charge in [-0.25, -0.2) is 0 Å². The van der Waals surface area contributed by atoms with E-state index in [0.29, 0.717) is 10.2 Å².